The van der Waals surface area contributed by atoms with Crippen LogP contribution < -0.4 is 10.1 Å². The number of carbonyl (C=O) groups is 2. The Morgan fingerprint density at radius 3 is 2.00 bits per heavy atom. The first-order valence-corrected chi connectivity index (χ1v) is 13.4. The molecule has 0 aromatic heterocycles. The first-order valence-electron chi connectivity index (χ1n) is 7.54. The summed E-state index contributed by atoms with van der Waals surface area (Å²) in [7, 11) is 0. The molecule has 0 aliphatic heterocycles. The van der Waals surface area contributed by atoms with Gasteiger partial charge in [0.15, 0.2) is 5.75 Å². The van der Waals surface area contributed by atoms with Gasteiger partial charge in [-0.1, -0.05) is 22.6 Å². The largest absolute Gasteiger partial charge is 0.506 e. The smallest absolute Gasteiger partial charge is 0.326 e. The van der Waals surface area contributed by atoms with Crippen LogP contribution in [0.3, 0.4) is 0 Å². The molecule has 2 aromatic carbocycles. The molecule has 0 bridgehead atoms. The number of ether oxygens (including phenoxy) is 1. The lowest BCUT2D eigenvalue weighted by Gasteiger charge is -2.16. The van der Waals surface area contributed by atoms with Crippen molar-refractivity contribution in [2.75, 3.05) is 4.43 Å². The number of carboxylic acids is 1. The SMILES string of the molecule is O=C(CI)NC(Cc1cc(I)c(Oc2cc(I)c(O)c(I)c2)c(I)c1)C(=O)O. The van der Waals surface area contributed by atoms with Crippen LogP contribution in [0.4, 0.5) is 0 Å². The van der Waals surface area contributed by atoms with Gasteiger partial charge in [-0.15, -0.1) is 0 Å². The molecule has 0 saturated heterocycles. The summed E-state index contributed by atoms with van der Waals surface area (Å²) in [5, 5.41) is 21.8. The van der Waals surface area contributed by atoms with Crippen LogP contribution in [0.5, 0.6) is 17.2 Å². The highest BCUT2D eigenvalue weighted by Crippen LogP contribution is 2.36. The molecule has 0 aliphatic carbocycles. The summed E-state index contributed by atoms with van der Waals surface area (Å²) in [5.41, 5.74) is 0.789. The van der Waals surface area contributed by atoms with Crippen molar-refractivity contribution in [3.05, 3.63) is 44.1 Å². The Bertz CT molecular complexity index is 875. The van der Waals surface area contributed by atoms with Gasteiger partial charge in [0, 0.05) is 6.42 Å². The van der Waals surface area contributed by atoms with Crippen molar-refractivity contribution in [2.24, 2.45) is 0 Å². The van der Waals surface area contributed by atoms with Gasteiger partial charge in [-0.2, -0.15) is 0 Å². The molecule has 1 unspecified atom stereocenters. The average Bonchev–Trinajstić information content (AvgIpc) is 2.61. The van der Waals surface area contributed by atoms with Gasteiger partial charge in [-0.05, 0) is 120 Å². The Morgan fingerprint density at radius 1 is 1.00 bits per heavy atom. The third-order valence-electron chi connectivity index (χ3n) is 3.46. The Kier molecular flexibility index (Phi) is 10.1. The molecule has 3 N–H and O–H groups in total. The van der Waals surface area contributed by atoms with Crippen LogP contribution in [0.25, 0.3) is 0 Å². The number of benzene rings is 2. The maximum atomic E-state index is 11.6. The third kappa shape index (κ3) is 6.82. The van der Waals surface area contributed by atoms with Gasteiger partial charge in [-0.25, -0.2) is 4.79 Å². The normalized spacial score (nSPS) is 11.8. The number of aromatic hydroxyl groups is 1. The first kappa shape index (κ1) is 24.9. The zero-order chi connectivity index (χ0) is 21.0. The van der Waals surface area contributed by atoms with E-state index in [0.717, 1.165) is 12.7 Å². The van der Waals surface area contributed by atoms with E-state index < -0.39 is 12.0 Å². The molecule has 0 fully saturated rings. The number of phenolic OH excluding ortho intramolecular Hbond substituents is 1. The molecule has 6 nitrogen and oxygen atoms in total. The van der Waals surface area contributed by atoms with Crippen molar-refractivity contribution >= 4 is 125 Å². The Hall–Kier alpha value is 0.630. The number of amides is 1. The van der Waals surface area contributed by atoms with Crippen molar-refractivity contribution in [2.45, 2.75) is 12.5 Å². The second-order valence-electron chi connectivity index (χ2n) is 5.52. The first-order chi connectivity index (χ1) is 13.1. The third-order valence-corrected chi connectivity index (χ3v) is 7.40. The predicted molar refractivity (Wildman–Crippen MR) is 148 cm³/mol. The zero-order valence-corrected chi connectivity index (χ0v) is 24.6. The molecule has 2 aromatic rings. The van der Waals surface area contributed by atoms with Gasteiger partial charge in [0.1, 0.15) is 17.5 Å². The highest BCUT2D eigenvalue weighted by Gasteiger charge is 2.21. The molecule has 150 valence electrons. The topological polar surface area (TPSA) is 95.9 Å². The van der Waals surface area contributed by atoms with Gasteiger partial charge in [0.2, 0.25) is 5.91 Å². The standard InChI is InChI=1S/C17H12I5NO5/c18-6-14(24)23-13(17(26)27)3-7-1-11(21)16(12(22)2-7)28-8-4-9(19)15(25)10(20)5-8/h1-2,4-5,13,25H,3,6H2,(H,23,24)(H,26,27). The molecule has 0 radical (unpaired) electrons. The molecule has 28 heavy (non-hydrogen) atoms. The van der Waals surface area contributed by atoms with Crippen LogP contribution in [0.15, 0.2) is 24.3 Å². The van der Waals surface area contributed by atoms with Crippen molar-refractivity contribution in [3.8, 4) is 17.2 Å². The Morgan fingerprint density at radius 2 is 1.54 bits per heavy atom. The number of nitrogens with one attached hydrogen (secondary N) is 1. The summed E-state index contributed by atoms with van der Waals surface area (Å²) in [6, 6.07) is 6.21. The van der Waals surface area contributed by atoms with E-state index in [-0.39, 0.29) is 22.5 Å². The Labute approximate surface area is 229 Å². The molecule has 0 spiro atoms. The van der Waals surface area contributed by atoms with E-state index in [1.807, 2.05) is 79.9 Å². The molecule has 1 amide bonds. The van der Waals surface area contributed by atoms with Gasteiger partial charge >= 0.3 is 5.97 Å². The number of rotatable bonds is 7. The lowest BCUT2D eigenvalue weighted by molar-refractivity contribution is -0.141. The molecule has 1 atom stereocenters. The number of halogens is 5. The summed E-state index contributed by atoms with van der Waals surface area (Å²) in [6.45, 7) is 0. The van der Waals surface area contributed by atoms with E-state index in [1.54, 1.807) is 12.1 Å². The maximum Gasteiger partial charge on any atom is 0.326 e. The fourth-order valence-corrected chi connectivity index (χ4v) is 6.26. The quantitative estimate of drug-likeness (QED) is 0.264. The van der Waals surface area contributed by atoms with Crippen LogP contribution >= 0.6 is 113 Å². The van der Waals surface area contributed by atoms with E-state index in [1.165, 1.54) is 0 Å². The molecular formula is C17H12I5NO5. The van der Waals surface area contributed by atoms with Crippen LogP contribution in [-0.2, 0) is 16.0 Å². The highest BCUT2D eigenvalue weighted by atomic mass is 127. The highest BCUT2D eigenvalue weighted by molar-refractivity contribution is 14.1. The predicted octanol–water partition coefficient (Wildman–Crippen LogP) is 5.15. The number of carbonyl (C=O) groups excluding carboxylic acids is 1. The van der Waals surface area contributed by atoms with Crippen molar-refractivity contribution in [1.29, 1.82) is 0 Å². The second kappa shape index (κ2) is 11.3. The number of phenols is 1. The van der Waals surface area contributed by atoms with E-state index in [0.29, 0.717) is 18.6 Å². The fraction of sp³-hybridized carbons (Fsp3) is 0.176. The number of carboxylic acid groups (broad SMARTS) is 1. The minimum Gasteiger partial charge on any atom is -0.506 e. The van der Waals surface area contributed by atoms with Crippen LogP contribution in [0.2, 0.25) is 0 Å². The van der Waals surface area contributed by atoms with Crippen LogP contribution in [0.1, 0.15) is 5.56 Å². The second-order valence-corrected chi connectivity index (χ2v) is 10.9. The maximum absolute atomic E-state index is 11.6. The number of hydrogen-bond acceptors (Lipinski definition) is 4. The van der Waals surface area contributed by atoms with Gasteiger partial charge < -0.3 is 20.3 Å². The summed E-state index contributed by atoms with van der Waals surface area (Å²) in [6.07, 6.45) is 0.180. The van der Waals surface area contributed by atoms with E-state index in [2.05, 4.69) is 50.5 Å². The van der Waals surface area contributed by atoms with E-state index in [4.69, 9.17) is 4.74 Å². The summed E-state index contributed by atoms with van der Waals surface area (Å²) >= 11 is 10.3. The molecule has 0 heterocycles. The van der Waals surface area contributed by atoms with E-state index in [9.17, 15) is 19.8 Å². The summed E-state index contributed by atoms with van der Waals surface area (Å²) < 4.78 is 9.25. The van der Waals surface area contributed by atoms with Gasteiger partial charge in [0.05, 0.1) is 18.7 Å². The minimum absolute atomic E-state index is 0.180. The fourth-order valence-electron chi connectivity index (χ4n) is 2.22. The molecule has 2 rings (SSSR count). The minimum atomic E-state index is -1.07. The van der Waals surface area contributed by atoms with Crippen molar-refractivity contribution in [3.63, 3.8) is 0 Å². The summed E-state index contributed by atoms with van der Waals surface area (Å²) in [5.74, 6) is 0.102. The average molecular weight is 945 g/mol. The molecule has 0 saturated carbocycles. The lowest BCUT2D eigenvalue weighted by atomic mass is 10.1. The van der Waals surface area contributed by atoms with Gasteiger partial charge in [0.25, 0.3) is 0 Å². The lowest BCUT2D eigenvalue weighted by Crippen LogP contribution is -2.42. The molecule has 11 heteroatoms. The molecular weight excluding hydrogens is 933 g/mol. The monoisotopic (exact) mass is 945 g/mol. The number of aliphatic carboxylic acids is 1. The Balaban J connectivity index is 2.27. The van der Waals surface area contributed by atoms with E-state index >= 15 is 0 Å². The number of alkyl halides is 1. The van der Waals surface area contributed by atoms with Crippen LogP contribution in [-0.4, -0.2) is 32.6 Å². The zero-order valence-electron chi connectivity index (χ0n) is 13.8. The van der Waals surface area contributed by atoms with Crippen molar-refractivity contribution in [1.82, 2.24) is 5.32 Å². The van der Waals surface area contributed by atoms with Crippen molar-refractivity contribution < 1.29 is 24.5 Å². The van der Waals surface area contributed by atoms with Crippen LogP contribution in [0, 0.1) is 14.3 Å². The molecule has 0 aliphatic rings. The van der Waals surface area contributed by atoms with Gasteiger partial charge in [-0.3, -0.25) is 4.79 Å². The number of hydrogen-bond donors (Lipinski definition) is 3. The summed E-state index contributed by atoms with van der Waals surface area (Å²) in [4.78, 5) is 23.0.